The lowest BCUT2D eigenvalue weighted by Gasteiger charge is -2.08. The summed E-state index contributed by atoms with van der Waals surface area (Å²) in [5, 5.41) is 1.81. The summed E-state index contributed by atoms with van der Waals surface area (Å²) in [6.07, 6.45) is 0. The second-order valence-electron chi connectivity index (χ2n) is 4.82. The molecule has 0 bridgehead atoms. The van der Waals surface area contributed by atoms with Crippen LogP contribution in [-0.2, 0) is 0 Å². The topological polar surface area (TPSA) is 22.1 Å². The zero-order chi connectivity index (χ0) is 16.1. The van der Waals surface area contributed by atoms with Gasteiger partial charge in [-0.3, -0.25) is 4.98 Å². The van der Waals surface area contributed by atoms with Gasteiger partial charge >= 0.3 is 0 Å². The van der Waals surface area contributed by atoms with E-state index in [-0.39, 0.29) is 0 Å². The molecule has 2 aromatic carbocycles. The number of pyridine rings is 1. The molecule has 22 heavy (non-hydrogen) atoms. The SMILES string of the molecule is CC.Cc1cc(C)c2ccc(Oc3cccc(Cl)c3)cc2n1. The number of ether oxygens (including phenoxy) is 1. The van der Waals surface area contributed by atoms with Crippen LogP contribution in [0.4, 0.5) is 0 Å². The van der Waals surface area contributed by atoms with Gasteiger partial charge in [-0.15, -0.1) is 0 Å². The highest BCUT2D eigenvalue weighted by molar-refractivity contribution is 6.30. The van der Waals surface area contributed by atoms with Gasteiger partial charge in [-0.1, -0.05) is 31.5 Å². The molecule has 3 heteroatoms. The predicted molar refractivity (Wildman–Crippen MR) is 94.1 cm³/mol. The number of nitrogens with zero attached hydrogens (tertiary/aromatic N) is 1. The van der Waals surface area contributed by atoms with E-state index in [1.807, 2.05) is 57.2 Å². The molecule has 0 fully saturated rings. The van der Waals surface area contributed by atoms with E-state index in [1.54, 1.807) is 6.07 Å². The van der Waals surface area contributed by atoms with Crippen molar-refractivity contribution in [2.45, 2.75) is 27.7 Å². The lowest BCUT2D eigenvalue weighted by Crippen LogP contribution is -1.89. The van der Waals surface area contributed by atoms with Crippen molar-refractivity contribution in [2.75, 3.05) is 0 Å². The highest BCUT2D eigenvalue weighted by Gasteiger charge is 2.04. The predicted octanol–water partition coefficient (Wildman–Crippen LogP) is 6.32. The van der Waals surface area contributed by atoms with Gasteiger partial charge < -0.3 is 4.74 Å². The van der Waals surface area contributed by atoms with Gasteiger partial charge in [0.25, 0.3) is 0 Å². The average molecular weight is 314 g/mol. The number of rotatable bonds is 2. The normalized spacial score (nSPS) is 10.0. The molecule has 0 saturated carbocycles. The first-order valence-corrected chi connectivity index (χ1v) is 7.81. The van der Waals surface area contributed by atoms with Crippen molar-refractivity contribution in [3.05, 3.63) is 64.8 Å². The smallest absolute Gasteiger partial charge is 0.129 e. The van der Waals surface area contributed by atoms with Crippen molar-refractivity contribution >= 4 is 22.5 Å². The molecule has 1 aromatic heterocycles. The largest absolute Gasteiger partial charge is 0.457 e. The molecule has 0 amide bonds. The maximum atomic E-state index is 5.96. The van der Waals surface area contributed by atoms with Crippen LogP contribution < -0.4 is 4.74 Å². The Hall–Kier alpha value is -2.06. The molecule has 0 N–H and O–H groups in total. The van der Waals surface area contributed by atoms with Crippen molar-refractivity contribution < 1.29 is 4.74 Å². The van der Waals surface area contributed by atoms with E-state index >= 15 is 0 Å². The number of aromatic nitrogens is 1. The number of halogens is 1. The van der Waals surface area contributed by atoms with Crippen molar-refractivity contribution in [1.82, 2.24) is 4.98 Å². The van der Waals surface area contributed by atoms with Gasteiger partial charge in [0.1, 0.15) is 11.5 Å². The van der Waals surface area contributed by atoms with Gasteiger partial charge in [0.15, 0.2) is 0 Å². The summed E-state index contributed by atoms with van der Waals surface area (Å²) in [7, 11) is 0. The molecule has 0 atom stereocenters. The van der Waals surface area contributed by atoms with Gasteiger partial charge in [0, 0.05) is 22.2 Å². The first-order valence-electron chi connectivity index (χ1n) is 7.43. The molecule has 0 radical (unpaired) electrons. The Kier molecular flexibility index (Phi) is 5.40. The van der Waals surface area contributed by atoms with E-state index in [4.69, 9.17) is 16.3 Å². The molecule has 3 rings (SSSR count). The Labute approximate surface area is 136 Å². The molecular formula is C19H20ClNO. The van der Waals surface area contributed by atoms with Crippen LogP contribution in [0.3, 0.4) is 0 Å². The number of aryl methyl sites for hydroxylation is 2. The Bertz CT molecular complexity index is 783. The van der Waals surface area contributed by atoms with Crippen LogP contribution in [0.5, 0.6) is 11.5 Å². The van der Waals surface area contributed by atoms with Gasteiger partial charge in [-0.2, -0.15) is 0 Å². The highest BCUT2D eigenvalue weighted by atomic mass is 35.5. The van der Waals surface area contributed by atoms with E-state index in [2.05, 4.69) is 18.0 Å². The number of hydrogen-bond acceptors (Lipinski definition) is 2. The second kappa shape index (κ2) is 7.28. The summed E-state index contributed by atoms with van der Waals surface area (Å²) in [5.41, 5.74) is 3.18. The van der Waals surface area contributed by atoms with Crippen LogP contribution in [0.25, 0.3) is 10.9 Å². The standard InChI is InChI=1S/C17H14ClNO.C2H6/c1-11-8-12(2)19-17-10-15(6-7-16(11)17)20-14-5-3-4-13(18)9-14;1-2/h3-10H,1-2H3;1-2H3. The summed E-state index contributed by atoms with van der Waals surface area (Å²) < 4.78 is 5.82. The number of hydrogen-bond donors (Lipinski definition) is 0. The molecule has 114 valence electrons. The third-order valence-electron chi connectivity index (χ3n) is 3.15. The van der Waals surface area contributed by atoms with E-state index in [0.29, 0.717) is 5.02 Å². The highest BCUT2D eigenvalue weighted by Crippen LogP contribution is 2.27. The molecule has 3 aromatic rings. The Morgan fingerprint density at radius 1 is 0.909 bits per heavy atom. The summed E-state index contributed by atoms with van der Waals surface area (Å²) in [4.78, 5) is 4.55. The quantitative estimate of drug-likeness (QED) is 0.552. The van der Waals surface area contributed by atoms with Crippen LogP contribution in [0.1, 0.15) is 25.1 Å². The molecule has 0 spiro atoms. The van der Waals surface area contributed by atoms with Crippen LogP contribution in [0.2, 0.25) is 5.02 Å². The lowest BCUT2D eigenvalue weighted by molar-refractivity contribution is 0.483. The molecule has 0 aliphatic heterocycles. The summed E-state index contributed by atoms with van der Waals surface area (Å²) >= 11 is 5.96. The second-order valence-corrected chi connectivity index (χ2v) is 5.26. The van der Waals surface area contributed by atoms with Gasteiger partial charge in [0.05, 0.1) is 5.52 Å². The maximum absolute atomic E-state index is 5.96. The Balaban J connectivity index is 0.000000847. The van der Waals surface area contributed by atoms with Crippen LogP contribution in [0, 0.1) is 13.8 Å². The summed E-state index contributed by atoms with van der Waals surface area (Å²) in [6, 6.07) is 15.4. The minimum absolute atomic E-state index is 0.660. The summed E-state index contributed by atoms with van der Waals surface area (Å²) in [5.74, 6) is 1.48. The fourth-order valence-electron chi connectivity index (χ4n) is 2.28. The van der Waals surface area contributed by atoms with Crippen molar-refractivity contribution in [3.8, 4) is 11.5 Å². The van der Waals surface area contributed by atoms with Crippen molar-refractivity contribution in [1.29, 1.82) is 0 Å². The molecule has 0 aliphatic carbocycles. The zero-order valence-corrected chi connectivity index (χ0v) is 14.1. The maximum Gasteiger partial charge on any atom is 0.129 e. The van der Waals surface area contributed by atoms with Gasteiger partial charge in [-0.25, -0.2) is 0 Å². The summed E-state index contributed by atoms with van der Waals surface area (Å²) in [6.45, 7) is 8.09. The fraction of sp³-hybridized carbons (Fsp3) is 0.211. The minimum Gasteiger partial charge on any atom is -0.457 e. The van der Waals surface area contributed by atoms with Crippen LogP contribution >= 0.6 is 11.6 Å². The number of fused-ring (bicyclic) bond motifs is 1. The molecule has 0 aliphatic rings. The van der Waals surface area contributed by atoms with E-state index in [9.17, 15) is 0 Å². The van der Waals surface area contributed by atoms with Crippen LogP contribution in [0.15, 0.2) is 48.5 Å². The number of benzene rings is 2. The van der Waals surface area contributed by atoms with Gasteiger partial charge in [0.2, 0.25) is 0 Å². The van der Waals surface area contributed by atoms with Gasteiger partial charge in [-0.05, 0) is 55.8 Å². The van der Waals surface area contributed by atoms with Crippen molar-refractivity contribution in [2.24, 2.45) is 0 Å². The molecule has 1 heterocycles. The molecule has 2 nitrogen and oxygen atoms in total. The zero-order valence-electron chi connectivity index (χ0n) is 13.4. The van der Waals surface area contributed by atoms with E-state index < -0.39 is 0 Å². The first kappa shape index (κ1) is 16.3. The van der Waals surface area contributed by atoms with E-state index in [1.165, 1.54) is 5.56 Å². The molecule has 0 unspecified atom stereocenters. The monoisotopic (exact) mass is 313 g/mol. The molecule has 0 saturated heterocycles. The molecular weight excluding hydrogens is 294 g/mol. The van der Waals surface area contributed by atoms with Crippen molar-refractivity contribution in [3.63, 3.8) is 0 Å². The first-order chi connectivity index (χ1) is 10.6. The fourth-order valence-corrected chi connectivity index (χ4v) is 2.46. The minimum atomic E-state index is 0.660. The third kappa shape index (κ3) is 3.77. The lowest BCUT2D eigenvalue weighted by atomic mass is 10.1. The Morgan fingerprint density at radius 2 is 1.64 bits per heavy atom. The van der Waals surface area contributed by atoms with E-state index in [0.717, 1.165) is 28.1 Å². The third-order valence-corrected chi connectivity index (χ3v) is 3.38. The Morgan fingerprint density at radius 3 is 2.36 bits per heavy atom. The average Bonchev–Trinajstić information content (AvgIpc) is 2.48. The van der Waals surface area contributed by atoms with Crippen LogP contribution in [-0.4, -0.2) is 4.98 Å².